The van der Waals surface area contributed by atoms with E-state index in [-0.39, 0.29) is 0 Å². The van der Waals surface area contributed by atoms with Crippen LogP contribution in [0.4, 0.5) is 0 Å². The molecule has 4 heteroatoms. The molecule has 2 heterocycles. The summed E-state index contributed by atoms with van der Waals surface area (Å²) in [5.74, 6) is 0. The van der Waals surface area contributed by atoms with Crippen molar-refractivity contribution < 1.29 is 1.37 Å². The third-order valence-electron chi connectivity index (χ3n) is 2.58. The highest BCUT2D eigenvalue weighted by Gasteiger charge is 2.03. The Morgan fingerprint density at radius 2 is 1.78 bits per heavy atom. The van der Waals surface area contributed by atoms with Crippen LogP contribution in [0.5, 0.6) is 0 Å². The maximum atomic E-state index is 8.01. The second-order valence-electron chi connectivity index (χ2n) is 3.78. The van der Waals surface area contributed by atoms with Crippen molar-refractivity contribution in [1.29, 1.82) is 0 Å². The molecule has 18 heavy (non-hydrogen) atoms. The Morgan fingerprint density at radius 3 is 2.50 bits per heavy atom. The van der Waals surface area contributed by atoms with E-state index in [2.05, 4.69) is 26.0 Å². The average molecular weight is 301 g/mol. The lowest BCUT2D eigenvalue weighted by atomic mass is 10.2. The Balaban J connectivity index is 2.04. The van der Waals surface area contributed by atoms with Crippen LogP contribution in [-0.4, -0.2) is 14.8 Å². The summed E-state index contributed by atoms with van der Waals surface area (Å²) in [7, 11) is 0. The van der Waals surface area contributed by atoms with Crippen LogP contribution >= 0.6 is 15.9 Å². The van der Waals surface area contributed by atoms with E-state index in [0.29, 0.717) is 11.7 Å². The fourth-order valence-corrected chi connectivity index (χ4v) is 1.93. The maximum Gasteiger partial charge on any atom is 0.0928 e. The van der Waals surface area contributed by atoms with Crippen LogP contribution in [0.15, 0.2) is 65.5 Å². The summed E-state index contributed by atoms with van der Waals surface area (Å²) >= 11 is 3.40. The quantitative estimate of drug-likeness (QED) is 0.722. The number of benzene rings is 1. The minimum Gasteiger partial charge on any atom is -0.265 e. The van der Waals surface area contributed by atoms with Gasteiger partial charge in [0.15, 0.2) is 0 Å². The van der Waals surface area contributed by atoms with Crippen molar-refractivity contribution in [2.45, 2.75) is 0 Å². The predicted octanol–water partition coefficient (Wildman–Crippen LogP) is 3.70. The molecule has 3 nitrogen and oxygen atoms in total. The minimum atomic E-state index is 0.397. The molecule has 0 amide bonds. The molecule has 3 rings (SSSR count). The monoisotopic (exact) mass is 300 g/mol. The van der Waals surface area contributed by atoms with Gasteiger partial charge in [0.2, 0.25) is 0 Å². The molecule has 0 saturated heterocycles. The Labute approximate surface area is 115 Å². The molecule has 2 aromatic heterocycles. The molecule has 0 atom stereocenters. The van der Waals surface area contributed by atoms with Gasteiger partial charge in [-0.05, 0) is 42.4 Å². The van der Waals surface area contributed by atoms with Gasteiger partial charge < -0.3 is 0 Å². The first-order chi connectivity index (χ1) is 9.24. The fraction of sp³-hybridized carbons (Fsp3) is 0. The van der Waals surface area contributed by atoms with E-state index in [0.717, 1.165) is 15.7 Å². The third kappa shape index (κ3) is 2.19. The molecule has 0 aliphatic heterocycles. The second-order valence-corrected chi connectivity index (χ2v) is 4.69. The molecular weight excluding hydrogens is 290 g/mol. The van der Waals surface area contributed by atoms with E-state index < -0.39 is 0 Å². The molecule has 0 aliphatic rings. The number of hydrogen-bond acceptors (Lipinski definition) is 2. The molecule has 0 spiro atoms. The summed E-state index contributed by atoms with van der Waals surface area (Å²) in [5, 5.41) is 4.47. The molecule has 0 fully saturated rings. The summed E-state index contributed by atoms with van der Waals surface area (Å²) < 4.78 is 10.7. The summed E-state index contributed by atoms with van der Waals surface area (Å²) in [4.78, 5) is 3.97. The van der Waals surface area contributed by atoms with Crippen LogP contribution in [0.25, 0.3) is 16.9 Å². The number of rotatable bonds is 2. The fourth-order valence-electron chi connectivity index (χ4n) is 1.66. The van der Waals surface area contributed by atoms with Crippen LogP contribution in [-0.2, 0) is 0 Å². The van der Waals surface area contributed by atoms with Crippen molar-refractivity contribution in [3.8, 4) is 16.9 Å². The molecule has 88 valence electrons. The van der Waals surface area contributed by atoms with E-state index in [9.17, 15) is 0 Å². The van der Waals surface area contributed by atoms with Gasteiger partial charge in [-0.3, -0.25) is 4.98 Å². The van der Waals surface area contributed by atoms with Crippen LogP contribution in [0, 0.1) is 0 Å². The van der Waals surface area contributed by atoms with Crippen molar-refractivity contribution in [3.05, 3.63) is 65.5 Å². The summed E-state index contributed by atoms with van der Waals surface area (Å²) in [6, 6.07) is 11.9. The first-order valence-electron chi connectivity index (χ1n) is 5.96. The molecule has 0 N–H and O–H groups in total. The molecular formula is C14H10BrN3. The van der Waals surface area contributed by atoms with Gasteiger partial charge in [0, 0.05) is 28.6 Å². The van der Waals surface area contributed by atoms with Crippen molar-refractivity contribution in [2.24, 2.45) is 0 Å². The third-order valence-corrected chi connectivity index (χ3v) is 3.10. The van der Waals surface area contributed by atoms with Gasteiger partial charge in [-0.2, -0.15) is 5.10 Å². The standard InChI is InChI=1S/C14H10BrN3/c15-12-1-3-13(4-2-12)18-10-7-14(17-18)11-5-8-16-9-6-11/h1-10H/i7D. The number of aromatic nitrogens is 3. The maximum absolute atomic E-state index is 8.01. The van der Waals surface area contributed by atoms with E-state index in [1.165, 1.54) is 0 Å². The lowest BCUT2D eigenvalue weighted by Gasteiger charge is -2.01. The molecule has 1 aromatic carbocycles. The van der Waals surface area contributed by atoms with Crippen LogP contribution in [0.3, 0.4) is 0 Å². The van der Waals surface area contributed by atoms with E-state index in [4.69, 9.17) is 1.37 Å². The van der Waals surface area contributed by atoms with Gasteiger partial charge in [0.25, 0.3) is 0 Å². The molecule has 0 bridgehead atoms. The van der Waals surface area contributed by atoms with Crippen LogP contribution in [0.2, 0.25) is 0 Å². The SMILES string of the molecule is [2H]c1cn(-c2ccc(Br)cc2)nc1-c1ccncc1. The first-order valence-corrected chi connectivity index (χ1v) is 6.26. The molecule has 0 radical (unpaired) electrons. The Bertz CT molecular complexity index is 692. The Kier molecular flexibility index (Phi) is 2.64. The van der Waals surface area contributed by atoms with Gasteiger partial charge in [-0.1, -0.05) is 15.9 Å². The van der Waals surface area contributed by atoms with E-state index in [1.54, 1.807) is 23.3 Å². The van der Waals surface area contributed by atoms with Crippen molar-refractivity contribution in [1.82, 2.24) is 14.8 Å². The molecule has 0 aliphatic carbocycles. The number of nitrogens with zero attached hydrogens (tertiary/aromatic N) is 3. The Hall–Kier alpha value is -1.94. The predicted molar refractivity (Wildman–Crippen MR) is 74.5 cm³/mol. The summed E-state index contributed by atoms with van der Waals surface area (Å²) in [6.07, 6.45) is 5.11. The highest BCUT2D eigenvalue weighted by atomic mass is 79.9. The molecule has 0 unspecified atom stereocenters. The Morgan fingerprint density at radius 1 is 1.06 bits per heavy atom. The van der Waals surface area contributed by atoms with E-state index >= 15 is 0 Å². The normalized spacial score (nSPS) is 11.3. The summed E-state index contributed by atoms with van der Waals surface area (Å²) in [6.45, 7) is 0. The zero-order valence-corrected chi connectivity index (χ0v) is 11.0. The largest absolute Gasteiger partial charge is 0.265 e. The van der Waals surface area contributed by atoms with Gasteiger partial charge in [-0.25, -0.2) is 4.68 Å². The van der Waals surface area contributed by atoms with Gasteiger partial charge in [0.1, 0.15) is 0 Å². The van der Waals surface area contributed by atoms with Gasteiger partial charge in [-0.15, -0.1) is 0 Å². The van der Waals surface area contributed by atoms with Gasteiger partial charge >= 0.3 is 0 Å². The molecule has 0 saturated carbocycles. The minimum absolute atomic E-state index is 0.397. The zero-order chi connectivity index (χ0) is 13.2. The highest BCUT2D eigenvalue weighted by molar-refractivity contribution is 9.10. The van der Waals surface area contributed by atoms with Crippen molar-refractivity contribution in [2.75, 3.05) is 0 Å². The summed E-state index contributed by atoms with van der Waals surface area (Å²) in [5.41, 5.74) is 2.48. The van der Waals surface area contributed by atoms with Crippen LogP contribution in [0.1, 0.15) is 1.37 Å². The first kappa shape index (κ1) is 10.0. The second kappa shape index (κ2) is 4.74. The topological polar surface area (TPSA) is 30.7 Å². The molecule has 3 aromatic rings. The van der Waals surface area contributed by atoms with Crippen molar-refractivity contribution >= 4 is 15.9 Å². The lowest BCUT2D eigenvalue weighted by molar-refractivity contribution is 0.884. The number of halogens is 1. The number of hydrogen-bond donors (Lipinski definition) is 0. The van der Waals surface area contributed by atoms with Gasteiger partial charge in [0.05, 0.1) is 12.8 Å². The van der Waals surface area contributed by atoms with E-state index in [1.807, 2.05) is 36.4 Å². The zero-order valence-electron chi connectivity index (χ0n) is 10.4. The van der Waals surface area contributed by atoms with Crippen molar-refractivity contribution in [3.63, 3.8) is 0 Å². The lowest BCUT2D eigenvalue weighted by Crippen LogP contribution is -1.94. The number of pyridine rings is 1. The highest BCUT2D eigenvalue weighted by Crippen LogP contribution is 2.18. The van der Waals surface area contributed by atoms with Crippen LogP contribution < -0.4 is 0 Å². The smallest absolute Gasteiger partial charge is 0.0928 e. The average Bonchev–Trinajstić information content (AvgIpc) is 2.83.